The van der Waals surface area contributed by atoms with Gasteiger partial charge in [0.1, 0.15) is 5.84 Å². The number of unbranched alkanes of at least 4 members (excludes halogenated alkanes) is 1. The zero-order valence-electron chi connectivity index (χ0n) is 9.70. The molecule has 0 aliphatic rings. The van der Waals surface area contributed by atoms with Crippen LogP contribution in [0.2, 0.25) is 0 Å². The Morgan fingerprint density at radius 1 is 1.53 bits per heavy atom. The van der Waals surface area contributed by atoms with Gasteiger partial charge in [0.15, 0.2) is 0 Å². The Morgan fingerprint density at radius 2 is 2.27 bits per heavy atom. The van der Waals surface area contributed by atoms with Gasteiger partial charge >= 0.3 is 0 Å². The van der Waals surface area contributed by atoms with Gasteiger partial charge in [-0.25, -0.2) is 0 Å². The quantitative estimate of drug-likeness (QED) is 0.186. The molecule has 0 radical (unpaired) electrons. The number of thioether (sulfide) groups is 1. The summed E-state index contributed by atoms with van der Waals surface area (Å²) >= 11 is 1.88. The van der Waals surface area contributed by atoms with E-state index in [1.807, 2.05) is 11.8 Å². The van der Waals surface area contributed by atoms with Gasteiger partial charge < -0.3 is 16.3 Å². The summed E-state index contributed by atoms with van der Waals surface area (Å²) in [6.45, 7) is 3.22. The molecule has 0 fully saturated rings. The van der Waals surface area contributed by atoms with Crippen molar-refractivity contribution in [3.63, 3.8) is 0 Å². The summed E-state index contributed by atoms with van der Waals surface area (Å²) in [5, 5.41) is 14.7. The van der Waals surface area contributed by atoms with Crippen LogP contribution in [-0.2, 0) is 0 Å². The van der Waals surface area contributed by atoms with Crippen LogP contribution in [0.1, 0.15) is 32.6 Å². The standard InChI is InChI=1S/C10H23N3OS/c1-9(6-8-15-2)12-7-4-3-5-10(11)13-14/h9,12,14H,3-8H2,1-2H3,(H2,11,13). The molecular weight excluding hydrogens is 210 g/mol. The first-order valence-electron chi connectivity index (χ1n) is 5.39. The van der Waals surface area contributed by atoms with E-state index in [2.05, 4.69) is 23.7 Å². The first kappa shape index (κ1) is 14.6. The molecule has 0 aromatic carbocycles. The second-order valence-electron chi connectivity index (χ2n) is 3.69. The Balaban J connectivity index is 3.23. The van der Waals surface area contributed by atoms with Crippen LogP contribution in [0.5, 0.6) is 0 Å². The van der Waals surface area contributed by atoms with Crippen LogP contribution in [-0.4, -0.2) is 35.6 Å². The van der Waals surface area contributed by atoms with Crippen LogP contribution >= 0.6 is 11.8 Å². The first-order chi connectivity index (χ1) is 7.20. The van der Waals surface area contributed by atoms with Gasteiger partial charge in [-0.3, -0.25) is 0 Å². The molecule has 0 heterocycles. The largest absolute Gasteiger partial charge is 0.409 e. The lowest BCUT2D eigenvalue weighted by Crippen LogP contribution is -2.27. The topological polar surface area (TPSA) is 70.6 Å². The Labute approximate surface area is 96.7 Å². The normalized spacial score (nSPS) is 14.1. The van der Waals surface area contributed by atoms with Gasteiger partial charge in [0.25, 0.3) is 0 Å². The highest BCUT2D eigenvalue weighted by atomic mass is 32.2. The summed E-state index contributed by atoms with van der Waals surface area (Å²) in [5.41, 5.74) is 5.36. The first-order valence-corrected chi connectivity index (χ1v) is 6.78. The minimum atomic E-state index is 0.324. The summed E-state index contributed by atoms with van der Waals surface area (Å²) in [6.07, 6.45) is 6.06. The van der Waals surface area contributed by atoms with Crippen molar-refractivity contribution in [3.05, 3.63) is 0 Å². The van der Waals surface area contributed by atoms with Crippen molar-refractivity contribution in [1.29, 1.82) is 0 Å². The molecule has 0 saturated carbocycles. The van der Waals surface area contributed by atoms with Crippen LogP contribution in [0.4, 0.5) is 0 Å². The molecule has 4 N–H and O–H groups in total. The van der Waals surface area contributed by atoms with Crippen molar-refractivity contribution in [1.82, 2.24) is 5.32 Å². The van der Waals surface area contributed by atoms with Crippen molar-refractivity contribution in [3.8, 4) is 0 Å². The number of hydrogen-bond acceptors (Lipinski definition) is 4. The van der Waals surface area contributed by atoms with E-state index < -0.39 is 0 Å². The fourth-order valence-electron chi connectivity index (χ4n) is 1.23. The predicted octanol–water partition coefficient (Wildman–Crippen LogP) is 1.63. The Hall–Kier alpha value is -0.420. The number of nitrogens with zero attached hydrogens (tertiary/aromatic N) is 1. The molecular formula is C10H23N3OS. The maximum Gasteiger partial charge on any atom is 0.139 e. The second-order valence-corrected chi connectivity index (χ2v) is 4.67. The fraction of sp³-hybridized carbons (Fsp3) is 0.900. The Bertz CT molecular complexity index is 176. The zero-order chi connectivity index (χ0) is 11.5. The summed E-state index contributed by atoms with van der Waals surface area (Å²) in [4.78, 5) is 0. The second kappa shape index (κ2) is 10.1. The number of nitrogens with two attached hydrogens (primary N) is 1. The highest BCUT2D eigenvalue weighted by Gasteiger charge is 2.00. The molecule has 0 aliphatic heterocycles. The lowest BCUT2D eigenvalue weighted by atomic mass is 10.2. The van der Waals surface area contributed by atoms with E-state index in [-0.39, 0.29) is 0 Å². The molecule has 15 heavy (non-hydrogen) atoms. The molecule has 0 aliphatic carbocycles. The van der Waals surface area contributed by atoms with Crippen molar-refractivity contribution >= 4 is 17.6 Å². The molecule has 0 spiro atoms. The molecule has 0 amide bonds. The summed E-state index contributed by atoms with van der Waals surface area (Å²) in [7, 11) is 0. The number of rotatable bonds is 9. The maximum absolute atomic E-state index is 8.32. The average molecular weight is 233 g/mol. The van der Waals surface area contributed by atoms with E-state index in [0.29, 0.717) is 18.3 Å². The van der Waals surface area contributed by atoms with E-state index >= 15 is 0 Å². The summed E-state index contributed by atoms with van der Waals surface area (Å²) in [5.74, 6) is 1.53. The van der Waals surface area contributed by atoms with Gasteiger partial charge in [-0.15, -0.1) is 0 Å². The minimum absolute atomic E-state index is 0.324. The van der Waals surface area contributed by atoms with Gasteiger partial charge in [0.05, 0.1) is 0 Å². The van der Waals surface area contributed by atoms with E-state index in [4.69, 9.17) is 10.9 Å². The summed E-state index contributed by atoms with van der Waals surface area (Å²) in [6, 6.07) is 0.585. The fourth-order valence-corrected chi connectivity index (χ4v) is 1.82. The van der Waals surface area contributed by atoms with E-state index in [1.54, 1.807) is 0 Å². The highest BCUT2D eigenvalue weighted by Crippen LogP contribution is 2.00. The number of nitrogens with one attached hydrogen (secondary N) is 1. The molecule has 4 nitrogen and oxygen atoms in total. The van der Waals surface area contributed by atoms with Crippen molar-refractivity contribution in [2.45, 2.75) is 38.6 Å². The maximum atomic E-state index is 8.32. The van der Waals surface area contributed by atoms with Crippen LogP contribution in [0.15, 0.2) is 5.16 Å². The molecule has 0 bridgehead atoms. The van der Waals surface area contributed by atoms with Gasteiger partial charge in [-0.1, -0.05) is 5.16 Å². The highest BCUT2D eigenvalue weighted by molar-refractivity contribution is 7.98. The van der Waals surface area contributed by atoms with Crippen LogP contribution in [0.3, 0.4) is 0 Å². The molecule has 90 valence electrons. The smallest absolute Gasteiger partial charge is 0.139 e. The Kier molecular flexibility index (Phi) is 9.83. The van der Waals surface area contributed by atoms with Gasteiger partial charge in [0, 0.05) is 12.5 Å². The van der Waals surface area contributed by atoms with Gasteiger partial charge in [-0.05, 0) is 44.7 Å². The number of hydrogen-bond donors (Lipinski definition) is 3. The molecule has 1 unspecified atom stereocenters. The molecule has 1 atom stereocenters. The third kappa shape index (κ3) is 9.87. The van der Waals surface area contributed by atoms with Crippen molar-refractivity contribution < 1.29 is 5.21 Å². The van der Waals surface area contributed by atoms with Gasteiger partial charge in [-0.2, -0.15) is 11.8 Å². The molecule has 0 aromatic rings. The molecule has 0 saturated heterocycles. The lowest BCUT2D eigenvalue weighted by molar-refractivity contribution is 0.316. The Morgan fingerprint density at radius 3 is 2.87 bits per heavy atom. The minimum Gasteiger partial charge on any atom is -0.409 e. The third-order valence-corrected chi connectivity index (χ3v) is 2.88. The van der Waals surface area contributed by atoms with E-state index in [0.717, 1.165) is 19.4 Å². The predicted molar refractivity (Wildman–Crippen MR) is 67.7 cm³/mol. The number of oxime groups is 1. The average Bonchev–Trinajstić information content (AvgIpc) is 2.25. The summed E-state index contributed by atoms with van der Waals surface area (Å²) < 4.78 is 0. The van der Waals surface area contributed by atoms with E-state index in [9.17, 15) is 0 Å². The van der Waals surface area contributed by atoms with E-state index in [1.165, 1.54) is 12.2 Å². The van der Waals surface area contributed by atoms with Crippen molar-refractivity contribution in [2.75, 3.05) is 18.6 Å². The molecule has 5 heteroatoms. The lowest BCUT2D eigenvalue weighted by Gasteiger charge is -2.12. The zero-order valence-corrected chi connectivity index (χ0v) is 10.5. The number of amidine groups is 1. The molecule has 0 aromatic heterocycles. The monoisotopic (exact) mass is 233 g/mol. The SMILES string of the molecule is CSCCC(C)NCCCCC(N)=NO. The van der Waals surface area contributed by atoms with Crippen molar-refractivity contribution in [2.24, 2.45) is 10.9 Å². The van der Waals surface area contributed by atoms with Crippen LogP contribution in [0.25, 0.3) is 0 Å². The van der Waals surface area contributed by atoms with Crippen LogP contribution in [0, 0.1) is 0 Å². The third-order valence-electron chi connectivity index (χ3n) is 2.24. The van der Waals surface area contributed by atoms with Gasteiger partial charge in [0.2, 0.25) is 0 Å². The van der Waals surface area contributed by atoms with Crippen LogP contribution < -0.4 is 11.1 Å². The molecule has 0 rings (SSSR count).